The Bertz CT molecular complexity index is 576. The van der Waals surface area contributed by atoms with Gasteiger partial charge in [-0.3, -0.25) is 9.59 Å². The molecule has 1 heterocycles. The summed E-state index contributed by atoms with van der Waals surface area (Å²) in [6.07, 6.45) is 4.73. The molecule has 144 valence electrons. The number of hydrogen-bond donors (Lipinski definition) is 1. The molecule has 0 saturated carbocycles. The Kier molecular flexibility index (Phi) is 8.10. The van der Waals surface area contributed by atoms with Gasteiger partial charge in [0, 0.05) is 25.6 Å². The summed E-state index contributed by atoms with van der Waals surface area (Å²) in [6, 6.07) is 9.15. The number of likely N-dealkylation sites (tertiary alicyclic amines) is 1. The van der Waals surface area contributed by atoms with Gasteiger partial charge in [0.25, 0.3) is 0 Å². The van der Waals surface area contributed by atoms with Crippen LogP contribution in [0.5, 0.6) is 0 Å². The number of piperidine rings is 1. The minimum atomic E-state index is -0.535. The molecule has 5 heteroatoms. The summed E-state index contributed by atoms with van der Waals surface area (Å²) in [6.45, 7) is 6.70. The molecule has 0 aliphatic carbocycles. The van der Waals surface area contributed by atoms with Gasteiger partial charge in [0.15, 0.2) is 0 Å². The molecular weight excluding hydrogens is 326 g/mol. The van der Waals surface area contributed by atoms with Gasteiger partial charge in [-0.1, -0.05) is 43.7 Å². The number of carbonyl (C=O) groups is 2. The Morgan fingerprint density at radius 1 is 1.27 bits per heavy atom. The van der Waals surface area contributed by atoms with Crippen LogP contribution in [-0.4, -0.2) is 54.3 Å². The summed E-state index contributed by atoms with van der Waals surface area (Å²) < 4.78 is 0. The van der Waals surface area contributed by atoms with Crippen molar-refractivity contribution >= 4 is 11.8 Å². The van der Waals surface area contributed by atoms with E-state index in [0.29, 0.717) is 13.0 Å². The van der Waals surface area contributed by atoms with Crippen LogP contribution in [0, 0.1) is 0 Å². The van der Waals surface area contributed by atoms with Crippen LogP contribution >= 0.6 is 0 Å². The highest BCUT2D eigenvalue weighted by Crippen LogP contribution is 2.25. The van der Waals surface area contributed by atoms with Gasteiger partial charge < -0.3 is 15.1 Å². The molecule has 0 unspecified atom stereocenters. The zero-order chi connectivity index (χ0) is 18.9. The Balaban J connectivity index is 2.07. The fourth-order valence-corrected chi connectivity index (χ4v) is 3.56. The summed E-state index contributed by atoms with van der Waals surface area (Å²) in [5, 5.41) is 3.13. The average Bonchev–Trinajstić information content (AvgIpc) is 2.62. The molecule has 1 N–H and O–H groups in total. The molecule has 1 aliphatic heterocycles. The molecule has 2 amide bonds. The first-order valence-electron chi connectivity index (χ1n) is 9.86. The third kappa shape index (κ3) is 5.84. The molecule has 2 atom stereocenters. The first kappa shape index (κ1) is 20.4. The second-order valence-electron chi connectivity index (χ2n) is 7.38. The van der Waals surface area contributed by atoms with Crippen molar-refractivity contribution in [3.05, 3.63) is 35.9 Å². The lowest BCUT2D eigenvalue weighted by molar-refractivity contribution is -0.143. The van der Waals surface area contributed by atoms with Gasteiger partial charge in [-0.15, -0.1) is 0 Å². The predicted octanol–water partition coefficient (Wildman–Crippen LogP) is 2.98. The molecular formula is C21H33N3O2. The number of likely N-dealkylation sites (N-methyl/N-ethyl adjacent to an activating group) is 1. The Morgan fingerprint density at radius 2 is 2.00 bits per heavy atom. The van der Waals surface area contributed by atoms with Gasteiger partial charge in [0.05, 0.1) is 0 Å². The minimum absolute atomic E-state index is 0.0375. The number of carbonyl (C=O) groups excluding carboxylic acids is 2. The van der Waals surface area contributed by atoms with Crippen molar-refractivity contribution in [1.29, 1.82) is 0 Å². The van der Waals surface area contributed by atoms with Crippen molar-refractivity contribution < 1.29 is 9.59 Å². The molecule has 1 aliphatic rings. The van der Waals surface area contributed by atoms with E-state index in [2.05, 4.69) is 24.2 Å². The van der Waals surface area contributed by atoms with E-state index in [4.69, 9.17) is 0 Å². The van der Waals surface area contributed by atoms with Gasteiger partial charge >= 0.3 is 0 Å². The van der Waals surface area contributed by atoms with E-state index < -0.39 is 6.04 Å². The van der Waals surface area contributed by atoms with Crippen LogP contribution in [0.3, 0.4) is 0 Å². The maximum atomic E-state index is 13.1. The van der Waals surface area contributed by atoms with Crippen LogP contribution in [0.2, 0.25) is 0 Å². The standard InChI is InChI=1S/C21H33N3O2/c1-4-5-14-23(3)16-17(2)22-21(26)20(18-11-7-6-8-12-18)24-15-10-9-13-19(24)25/h6-8,11-12,17,20H,4-5,9-10,13-16H2,1-3H3,(H,22,26)/t17-,20-/m0/s1. The van der Waals surface area contributed by atoms with E-state index in [9.17, 15) is 9.59 Å². The fourth-order valence-electron chi connectivity index (χ4n) is 3.56. The quantitative estimate of drug-likeness (QED) is 0.737. The van der Waals surface area contributed by atoms with Gasteiger partial charge in [-0.2, -0.15) is 0 Å². The van der Waals surface area contributed by atoms with Crippen molar-refractivity contribution in [3.63, 3.8) is 0 Å². The topological polar surface area (TPSA) is 52.7 Å². The minimum Gasteiger partial charge on any atom is -0.350 e. The monoisotopic (exact) mass is 359 g/mol. The molecule has 2 rings (SSSR count). The Labute approximate surface area is 157 Å². The van der Waals surface area contributed by atoms with Crippen LogP contribution in [0.15, 0.2) is 30.3 Å². The number of amides is 2. The molecule has 0 spiro atoms. The summed E-state index contributed by atoms with van der Waals surface area (Å²) in [4.78, 5) is 29.5. The van der Waals surface area contributed by atoms with E-state index in [-0.39, 0.29) is 17.9 Å². The van der Waals surface area contributed by atoms with Crippen molar-refractivity contribution in [2.24, 2.45) is 0 Å². The maximum absolute atomic E-state index is 13.1. The Hall–Kier alpha value is -1.88. The second-order valence-corrected chi connectivity index (χ2v) is 7.38. The third-order valence-electron chi connectivity index (χ3n) is 4.90. The highest BCUT2D eigenvalue weighted by Gasteiger charge is 2.33. The van der Waals surface area contributed by atoms with Crippen molar-refractivity contribution in [1.82, 2.24) is 15.1 Å². The summed E-state index contributed by atoms with van der Waals surface area (Å²) in [7, 11) is 2.08. The van der Waals surface area contributed by atoms with Crippen molar-refractivity contribution in [3.8, 4) is 0 Å². The SMILES string of the molecule is CCCCN(C)C[C@H](C)NC(=O)[C@H](c1ccccc1)N1CCCCC1=O. The molecule has 0 aromatic heterocycles. The number of nitrogens with zero attached hydrogens (tertiary/aromatic N) is 2. The van der Waals surface area contributed by atoms with E-state index >= 15 is 0 Å². The van der Waals surface area contributed by atoms with Gasteiger partial charge in [0.1, 0.15) is 6.04 Å². The molecule has 1 saturated heterocycles. The highest BCUT2D eigenvalue weighted by molar-refractivity contribution is 5.89. The first-order chi connectivity index (χ1) is 12.5. The molecule has 0 bridgehead atoms. The lowest BCUT2D eigenvalue weighted by Crippen LogP contribution is -2.49. The molecule has 1 fully saturated rings. The number of rotatable bonds is 9. The number of nitrogens with one attached hydrogen (secondary N) is 1. The number of hydrogen-bond acceptors (Lipinski definition) is 3. The first-order valence-corrected chi connectivity index (χ1v) is 9.86. The van der Waals surface area contributed by atoms with E-state index in [1.165, 1.54) is 0 Å². The highest BCUT2D eigenvalue weighted by atomic mass is 16.2. The molecule has 1 aromatic rings. The van der Waals surface area contributed by atoms with Crippen LogP contribution in [0.25, 0.3) is 0 Å². The zero-order valence-electron chi connectivity index (χ0n) is 16.4. The summed E-state index contributed by atoms with van der Waals surface area (Å²) in [5.41, 5.74) is 0.881. The van der Waals surface area contributed by atoms with E-state index in [1.807, 2.05) is 37.3 Å². The van der Waals surface area contributed by atoms with Crippen LogP contribution in [0.4, 0.5) is 0 Å². The second kappa shape index (κ2) is 10.3. The van der Waals surface area contributed by atoms with Gasteiger partial charge in [-0.25, -0.2) is 0 Å². The molecule has 1 aromatic carbocycles. The largest absolute Gasteiger partial charge is 0.350 e. The fraction of sp³-hybridized carbons (Fsp3) is 0.619. The smallest absolute Gasteiger partial charge is 0.247 e. The van der Waals surface area contributed by atoms with Crippen molar-refractivity contribution in [2.45, 2.75) is 58.0 Å². The molecule has 0 radical (unpaired) electrons. The molecule has 5 nitrogen and oxygen atoms in total. The molecule has 26 heavy (non-hydrogen) atoms. The third-order valence-corrected chi connectivity index (χ3v) is 4.90. The van der Waals surface area contributed by atoms with Crippen molar-refractivity contribution in [2.75, 3.05) is 26.7 Å². The van der Waals surface area contributed by atoms with Gasteiger partial charge in [-0.05, 0) is 45.3 Å². The van der Waals surface area contributed by atoms with E-state index in [1.54, 1.807) is 4.90 Å². The maximum Gasteiger partial charge on any atom is 0.247 e. The normalized spacial score (nSPS) is 17.2. The van der Waals surface area contributed by atoms with Gasteiger partial charge in [0.2, 0.25) is 11.8 Å². The summed E-state index contributed by atoms with van der Waals surface area (Å²) >= 11 is 0. The van der Waals surface area contributed by atoms with E-state index in [0.717, 1.165) is 44.3 Å². The predicted molar refractivity (Wildman–Crippen MR) is 105 cm³/mol. The average molecular weight is 360 g/mol. The number of unbranched alkanes of at least 4 members (excludes halogenated alkanes) is 1. The zero-order valence-corrected chi connectivity index (χ0v) is 16.4. The summed E-state index contributed by atoms with van der Waals surface area (Å²) in [5.74, 6) is -0.00388. The Morgan fingerprint density at radius 3 is 2.65 bits per heavy atom. The lowest BCUT2D eigenvalue weighted by atomic mass is 10.00. The van der Waals surface area contributed by atoms with Crippen LogP contribution < -0.4 is 5.32 Å². The van der Waals surface area contributed by atoms with Crippen LogP contribution in [-0.2, 0) is 9.59 Å². The number of benzene rings is 1. The lowest BCUT2D eigenvalue weighted by Gasteiger charge is -2.35. The van der Waals surface area contributed by atoms with Crippen LogP contribution in [0.1, 0.15) is 57.6 Å².